The largest absolute Gasteiger partial charge is 0.382 e. The smallest absolute Gasteiger partial charge is 0.224 e. The molecule has 1 saturated heterocycles. The highest BCUT2D eigenvalue weighted by atomic mass is 15.3. The molecule has 0 aliphatic carbocycles. The molecule has 1 fully saturated rings. The summed E-state index contributed by atoms with van der Waals surface area (Å²) in [4.78, 5) is 11.0. The monoisotopic (exact) mass is 349 g/mol. The summed E-state index contributed by atoms with van der Waals surface area (Å²) < 4.78 is 1.70. The van der Waals surface area contributed by atoms with Crippen molar-refractivity contribution in [3.05, 3.63) is 54.4 Å². The molecule has 3 N–H and O–H groups in total. The van der Waals surface area contributed by atoms with Gasteiger partial charge in [-0.15, -0.1) is 0 Å². The first kappa shape index (κ1) is 16.4. The molecule has 0 unspecified atom stereocenters. The second-order valence-electron chi connectivity index (χ2n) is 6.67. The fourth-order valence-electron chi connectivity index (χ4n) is 3.35. The summed E-state index contributed by atoms with van der Waals surface area (Å²) in [7, 11) is 0. The van der Waals surface area contributed by atoms with Crippen LogP contribution in [0.3, 0.4) is 0 Å². The Labute approximate surface area is 152 Å². The van der Waals surface area contributed by atoms with Crippen molar-refractivity contribution >= 4 is 17.5 Å². The first-order valence-corrected chi connectivity index (χ1v) is 8.90. The summed E-state index contributed by atoms with van der Waals surface area (Å²) in [5.74, 6) is 1.82. The van der Waals surface area contributed by atoms with Gasteiger partial charge < -0.3 is 16.0 Å². The van der Waals surface area contributed by atoms with Gasteiger partial charge in [0.25, 0.3) is 0 Å². The third kappa shape index (κ3) is 3.61. The highest BCUT2D eigenvalue weighted by Gasteiger charge is 2.21. The number of hydrogen-bond donors (Lipinski definition) is 2. The van der Waals surface area contributed by atoms with E-state index in [9.17, 15) is 0 Å². The SMILES string of the molecule is Cc1cccc(NC2CCN(c3cc(-n4cccn4)nc(N)n3)CC2)c1. The molecular formula is C19H23N7. The summed E-state index contributed by atoms with van der Waals surface area (Å²) in [6.45, 7) is 3.97. The number of aryl methyl sites for hydroxylation is 1. The van der Waals surface area contributed by atoms with Gasteiger partial charge in [-0.05, 0) is 43.5 Å². The zero-order valence-electron chi connectivity index (χ0n) is 14.8. The lowest BCUT2D eigenvalue weighted by Gasteiger charge is -2.33. The van der Waals surface area contributed by atoms with E-state index in [2.05, 4.69) is 56.5 Å². The number of piperidine rings is 1. The van der Waals surface area contributed by atoms with E-state index in [0.717, 1.165) is 31.7 Å². The van der Waals surface area contributed by atoms with Crippen LogP contribution in [-0.4, -0.2) is 38.9 Å². The van der Waals surface area contributed by atoms with E-state index in [1.54, 1.807) is 10.9 Å². The van der Waals surface area contributed by atoms with Gasteiger partial charge in [0.1, 0.15) is 5.82 Å². The van der Waals surface area contributed by atoms with Crippen molar-refractivity contribution in [2.45, 2.75) is 25.8 Å². The third-order valence-corrected chi connectivity index (χ3v) is 4.66. The Balaban J connectivity index is 1.43. The van der Waals surface area contributed by atoms with Crippen LogP contribution < -0.4 is 16.0 Å². The van der Waals surface area contributed by atoms with E-state index in [0.29, 0.717) is 11.9 Å². The lowest BCUT2D eigenvalue weighted by atomic mass is 10.0. The van der Waals surface area contributed by atoms with Crippen LogP contribution in [0.4, 0.5) is 17.5 Å². The van der Waals surface area contributed by atoms with Crippen molar-refractivity contribution in [2.75, 3.05) is 29.0 Å². The normalized spacial score (nSPS) is 15.2. The minimum absolute atomic E-state index is 0.271. The lowest BCUT2D eigenvalue weighted by molar-refractivity contribution is 0.523. The molecule has 0 amide bonds. The van der Waals surface area contributed by atoms with E-state index >= 15 is 0 Å². The van der Waals surface area contributed by atoms with Gasteiger partial charge in [0.2, 0.25) is 5.95 Å². The predicted molar refractivity (Wildman–Crippen MR) is 104 cm³/mol. The van der Waals surface area contributed by atoms with Gasteiger partial charge in [0.15, 0.2) is 5.82 Å². The number of hydrogen-bond acceptors (Lipinski definition) is 6. The second kappa shape index (κ2) is 7.03. The van der Waals surface area contributed by atoms with Gasteiger partial charge in [-0.3, -0.25) is 0 Å². The highest BCUT2D eigenvalue weighted by molar-refractivity contribution is 5.49. The Kier molecular flexibility index (Phi) is 4.43. The first-order chi connectivity index (χ1) is 12.7. The van der Waals surface area contributed by atoms with E-state index in [1.807, 2.05) is 18.3 Å². The zero-order valence-corrected chi connectivity index (χ0v) is 14.8. The number of nitrogens with zero attached hydrogens (tertiary/aromatic N) is 5. The molecule has 0 radical (unpaired) electrons. The predicted octanol–water partition coefficient (Wildman–Crippen LogP) is 2.63. The summed E-state index contributed by atoms with van der Waals surface area (Å²) in [5, 5.41) is 7.86. The molecule has 0 saturated carbocycles. The van der Waals surface area contributed by atoms with Crippen molar-refractivity contribution < 1.29 is 0 Å². The van der Waals surface area contributed by atoms with Crippen molar-refractivity contribution in [3.63, 3.8) is 0 Å². The van der Waals surface area contributed by atoms with Crippen LogP contribution in [0.1, 0.15) is 18.4 Å². The average molecular weight is 349 g/mol. The molecule has 134 valence electrons. The Hall–Kier alpha value is -3.09. The van der Waals surface area contributed by atoms with Gasteiger partial charge in [-0.1, -0.05) is 12.1 Å². The van der Waals surface area contributed by atoms with Crippen LogP contribution in [0.15, 0.2) is 48.8 Å². The number of benzene rings is 1. The van der Waals surface area contributed by atoms with Crippen LogP contribution in [0.25, 0.3) is 5.82 Å². The minimum atomic E-state index is 0.271. The fourth-order valence-corrected chi connectivity index (χ4v) is 3.35. The Bertz CT molecular complexity index is 867. The molecule has 26 heavy (non-hydrogen) atoms. The zero-order chi connectivity index (χ0) is 17.9. The third-order valence-electron chi connectivity index (χ3n) is 4.66. The maximum absolute atomic E-state index is 5.91. The van der Waals surface area contributed by atoms with Crippen molar-refractivity contribution in [1.82, 2.24) is 19.7 Å². The Morgan fingerprint density at radius 3 is 2.62 bits per heavy atom. The van der Waals surface area contributed by atoms with Gasteiger partial charge in [-0.25, -0.2) is 4.68 Å². The molecule has 1 aliphatic rings. The van der Waals surface area contributed by atoms with E-state index in [1.165, 1.54) is 11.3 Å². The number of rotatable bonds is 4. The van der Waals surface area contributed by atoms with Crippen LogP contribution >= 0.6 is 0 Å². The van der Waals surface area contributed by atoms with Crippen LogP contribution in [0.2, 0.25) is 0 Å². The van der Waals surface area contributed by atoms with Crippen LogP contribution in [0, 0.1) is 6.92 Å². The van der Waals surface area contributed by atoms with Crippen molar-refractivity contribution in [3.8, 4) is 5.82 Å². The van der Waals surface area contributed by atoms with E-state index in [-0.39, 0.29) is 5.95 Å². The molecule has 4 rings (SSSR count). The molecule has 0 bridgehead atoms. The summed E-state index contributed by atoms with van der Waals surface area (Å²) in [6.07, 6.45) is 5.67. The Morgan fingerprint density at radius 2 is 1.88 bits per heavy atom. The van der Waals surface area contributed by atoms with Gasteiger partial charge >= 0.3 is 0 Å². The van der Waals surface area contributed by atoms with Gasteiger partial charge in [0, 0.05) is 43.3 Å². The topological polar surface area (TPSA) is 84.9 Å². The van der Waals surface area contributed by atoms with E-state index < -0.39 is 0 Å². The fraction of sp³-hybridized carbons (Fsp3) is 0.316. The lowest BCUT2D eigenvalue weighted by Crippen LogP contribution is -2.39. The molecule has 3 heterocycles. The second-order valence-corrected chi connectivity index (χ2v) is 6.67. The number of nitrogen functional groups attached to an aromatic ring is 1. The average Bonchev–Trinajstić information content (AvgIpc) is 3.17. The molecule has 1 aliphatic heterocycles. The van der Waals surface area contributed by atoms with E-state index in [4.69, 9.17) is 5.73 Å². The minimum Gasteiger partial charge on any atom is -0.382 e. The van der Waals surface area contributed by atoms with Crippen molar-refractivity contribution in [1.29, 1.82) is 0 Å². The van der Waals surface area contributed by atoms with Crippen molar-refractivity contribution in [2.24, 2.45) is 0 Å². The Morgan fingerprint density at radius 1 is 1.08 bits per heavy atom. The first-order valence-electron chi connectivity index (χ1n) is 8.90. The maximum Gasteiger partial charge on any atom is 0.224 e. The molecule has 2 aromatic heterocycles. The molecule has 1 aromatic carbocycles. The quantitative estimate of drug-likeness (QED) is 0.753. The summed E-state index contributed by atoms with van der Waals surface area (Å²) in [5.41, 5.74) is 8.38. The molecule has 0 atom stereocenters. The standard InChI is InChI=1S/C19H23N7/c1-14-4-2-5-16(12-14)22-15-6-10-25(11-7-15)17-13-18(24-19(20)23-17)26-9-3-8-21-26/h2-5,8-9,12-13,15,22H,6-7,10-11H2,1H3,(H2,20,23,24). The van der Waals surface area contributed by atoms with Crippen LogP contribution in [-0.2, 0) is 0 Å². The molecule has 7 heteroatoms. The number of nitrogens with one attached hydrogen (secondary N) is 1. The van der Waals surface area contributed by atoms with Gasteiger partial charge in [-0.2, -0.15) is 15.1 Å². The number of aromatic nitrogens is 4. The highest BCUT2D eigenvalue weighted by Crippen LogP contribution is 2.23. The molecule has 0 spiro atoms. The molecular weight excluding hydrogens is 326 g/mol. The number of anilines is 3. The molecule has 7 nitrogen and oxygen atoms in total. The molecule has 3 aromatic rings. The summed E-state index contributed by atoms with van der Waals surface area (Å²) >= 11 is 0. The summed E-state index contributed by atoms with van der Waals surface area (Å²) in [6, 6.07) is 12.8. The maximum atomic E-state index is 5.91. The van der Waals surface area contributed by atoms with Gasteiger partial charge in [0.05, 0.1) is 0 Å². The number of nitrogens with two attached hydrogens (primary N) is 1. The van der Waals surface area contributed by atoms with Crippen LogP contribution in [0.5, 0.6) is 0 Å².